The molecule has 2 aromatic carbocycles. The molecule has 0 spiro atoms. The third-order valence-electron chi connectivity index (χ3n) is 3.20. The fraction of sp³-hybridized carbons (Fsp3) is 0.118. The van der Waals surface area contributed by atoms with Crippen molar-refractivity contribution in [3.05, 3.63) is 65.9 Å². The van der Waals surface area contributed by atoms with Gasteiger partial charge >= 0.3 is 0 Å². The topological polar surface area (TPSA) is 62.6 Å². The summed E-state index contributed by atoms with van der Waals surface area (Å²) >= 11 is 0. The fourth-order valence-electron chi connectivity index (χ4n) is 2.20. The molecule has 4 nitrogen and oxygen atoms in total. The highest BCUT2D eigenvalue weighted by atomic mass is 16.5. The van der Waals surface area contributed by atoms with Crippen LogP contribution in [0.15, 0.2) is 54.6 Å². The minimum atomic E-state index is -0.141. The molecule has 4 heteroatoms. The molecule has 0 bridgehead atoms. The van der Waals surface area contributed by atoms with Crippen LogP contribution in [-0.2, 0) is 13.2 Å². The van der Waals surface area contributed by atoms with Crippen LogP contribution in [0.2, 0.25) is 0 Å². The number of hydrogen-bond donors (Lipinski definition) is 2. The summed E-state index contributed by atoms with van der Waals surface area (Å²) in [6.07, 6.45) is 0. The van der Waals surface area contributed by atoms with E-state index in [2.05, 4.69) is 4.98 Å². The van der Waals surface area contributed by atoms with E-state index >= 15 is 0 Å². The van der Waals surface area contributed by atoms with Crippen molar-refractivity contribution in [2.75, 3.05) is 0 Å². The van der Waals surface area contributed by atoms with Crippen molar-refractivity contribution in [3.8, 4) is 11.5 Å². The quantitative estimate of drug-likeness (QED) is 0.771. The van der Waals surface area contributed by atoms with Crippen molar-refractivity contribution in [2.24, 2.45) is 0 Å². The molecular formula is C17H15NO3. The zero-order valence-corrected chi connectivity index (χ0v) is 11.4. The molecule has 21 heavy (non-hydrogen) atoms. The Labute approximate surface area is 122 Å². The molecule has 1 heterocycles. The minimum absolute atomic E-state index is 0.0316. The lowest BCUT2D eigenvalue weighted by Crippen LogP contribution is -1.94. The number of aliphatic hydroxyl groups excluding tert-OH is 2. The molecule has 0 aliphatic rings. The number of aliphatic hydroxyl groups is 2. The van der Waals surface area contributed by atoms with Crippen molar-refractivity contribution >= 4 is 10.9 Å². The Morgan fingerprint density at radius 3 is 2.57 bits per heavy atom. The average molecular weight is 281 g/mol. The number of benzene rings is 2. The van der Waals surface area contributed by atoms with Crippen LogP contribution in [0.5, 0.6) is 11.5 Å². The van der Waals surface area contributed by atoms with Crippen molar-refractivity contribution in [2.45, 2.75) is 13.2 Å². The lowest BCUT2D eigenvalue weighted by Gasteiger charge is -2.11. The van der Waals surface area contributed by atoms with Gasteiger partial charge in [-0.25, -0.2) is 0 Å². The first-order valence-electron chi connectivity index (χ1n) is 6.67. The van der Waals surface area contributed by atoms with Crippen LogP contribution in [0.3, 0.4) is 0 Å². The summed E-state index contributed by atoms with van der Waals surface area (Å²) in [7, 11) is 0. The second kappa shape index (κ2) is 5.91. The van der Waals surface area contributed by atoms with Crippen molar-refractivity contribution < 1.29 is 14.9 Å². The van der Waals surface area contributed by atoms with Gasteiger partial charge in [-0.2, -0.15) is 0 Å². The van der Waals surface area contributed by atoms with Gasteiger partial charge in [0.15, 0.2) is 0 Å². The number of aromatic nitrogens is 1. The summed E-state index contributed by atoms with van der Waals surface area (Å²) in [4.78, 5) is 4.36. The second-order valence-electron chi connectivity index (χ2n) is 4.69. The molecule has 3 rings (SSSR count). The van der Waals surface area contributed by atoms with E-state index in [1.807, 2.05) is 42.5 Å². The van der Waals surface area contributed by atoms with E-state index in [-0.39, 0.29) is 13.2 Å². The molecule has 0 radical (unpaired) electrons. The Morgan fingerprint density at radius 2 is 1.76 bits per heavy atom. The first-order valence-corrected chi connectivity index (χ1v) is 6.67. The molecule has 3 aromatic rings. The molecule has 1 aromatic heterocycles. The number of ether oxygens (including phenoxy) is 1. The maximum absolute atomic E-state index is 9.32. The van der Waals surface area contributed by atoms with Crippen molar-refractivity contribution in [1.82, 2.24) is 4.98 Å². The van der Waals surface area contributed by atoms with Crippen LogP contribution in [-0.4, -0.2) is 15.2 Å². The highest BCUT2D eigenvalue weighted by Gasteiger charge is 2.07. The van der Waals surface area contributed by atoms with Crippen LogP contribution in [0.1, 0.15) is 11.3 Å². The first kappa shape index (κ1) is 13.5. The minimum Gasteiger partial charge on any atom is -0.457 e. The molecule has 106 valence electrons. The van der Waals surface area contributed by atoms with Gasteiger partial charge in [-0.1, -0.05) is 24.3 Å². The lowest BCUT2D eigenvalue weighted by molar-refractivity contribution is 0.276. The maximum atomic E-state index is 9.32. The Balaban J connectivity index is 2.06. The van der Waals surface area contributed by atoms with Gasteiger partial charge < -0.3 is 14.9 Å². The van der Waals surface area contributed by atoms with Crippen LogP contribution in [0.4, 0.5) is 0 Å². The Morgan fingerprint density at radius 1 is 0.905 bits per heavy atom. The predicted octanol–water partition coefficient (Wildman–Crippen LogP) is 3.01. The summed E-state index contributed by atoms with van der Waals surface area (Å²) in [5.41, 5.74) is 2.12. The third-order valence-corrected chi connectivity index (χ3v) is 3.20. The molecular weight excluding hydrogens is 266 g/mol. The molecule has 2 N–H and O–H groups in total. The third kappa shape index (κ3) is 2.86. The van der Waals surface area contributed by atoms with Gasteiger partial charge in [-0.05, 0) is 29.8 Å². The summed E-state index contributed by atoms with van der Waals surface area (Å²) in [6.45, 7) is -0.173. The second-order valence-corrected chi connectivity index (χ2v) is 4.69. The summed E-state index contributed by atoms with van der Waals surface area (Å²) in [5.74, 6) is 1.28. The molecule has 0 fully saturated rings. The van der Waals surface area contributed by atoms with Crippen LogP contribution in [0, 0.1) is 0 Å². The van der Waals surface area contributed by atoms with E-state index in [1.165, 1.54) is 0 Å². The zero-order chi connectivity index (χ0) is 14.7. The SMILES string of the molecule is OCc1cccc(Oc2cc(CO)nc3ccccc23)c1. The van der Waals surface area contributed by atoms with E-state index in [4.69, 9.17) is 4.74 Å². The largest absolute Gasteiger partial charge is 0.457 e. The predicted molar refractivity (Wildman–Crippen MR) is 80.1 cm³/mol. The van der Waals surface area contributed by atoms with Gasteiger partial charge in [0.05, 0.1) is 24.4 Å². The van der Waals surface area contributed by atoms with Crippen LogP contribution >= 0.6 is 0 Å². The maximum Gasteiger partial charge on any atom is 0.138 e. The van der Waals surface area contributed by atoms with Gasteiger partial charge in [-0.3, -0.25) is 4.98 Å². The van der Waals surface area contributed by atoms with Crippen LogP contribution < -0.4 is 4.74 Å². The van der Waals surface area contributed by atoms with E-state index in [9.17, 15) is 10.2 Å². The molecule has 0 unspecified atom stereocenters. The number of fused-ring (bicyclic) bond motifs is 1. The average Bonchev–Trinajstić information content (AvgIpc) is 2.55. The first-order chi connectivity index (χ1) is 10.3. The standard InChI is InChI=1S/C17H15NO3/c19-10-12-4-3-5-14(8-12)21-17-9-13(11-20)18-16-7-2-1-6-15(16)17/h1-9,19-20H,10-11H2. The highest BCUT2D eigenvalue weighted by Crippen LogP contribution is 2.30. The number of para-hydroxylation sites is 1. The van der Waals surface area contributed by atoms with Gasteiger partial charge in [0.2, 0.25) is 0 Å². The smallest absolute Gasteiger partial charge is 0.138 e. The number of nitrogens with zero attached hydrogens (tertiary/aromatic N) is 1. The molecule has 0 saturated carbocycles. The van der Waals surface area contributed by atoms with Crippen molar-refractivity contribution in [3.63, 3.8) is 0 Å². The number of hydrogen-bond acceptors (Lipinski definition) is 4. The summed E-state index contributed by atoms with van der Waals surface area (Å²) in [6, 6.07) is 16.6. The molecule has 0 amide bonds. The Kier molecular flexibility index (Phi) is 3.81. The van der Waals surface area contributed by atoms with E-state index in [0.717, 1.165) is 16.5 Å². The van der Waals surface area contributed by atoms with Gasteiger partial charge in [0.1, 0.15) is 11.5 Å². The lowest BCUT2D eigenvalue weighted by atomic mass is 10.1. The number of rotatable bonds is 4. The molecule has 0 atom stereocenters. The monoisotopic (exact) mass is 281 g/mol. The Bertz CT molecular complexity index is 771. The van der Waals surface area contributed by atoms with Gasteiger partial charge in [0, 0.05) is 11.5 Å². The van der Waals surface area contributed by atoms with E-state index in [1.54, 1.807) is 12.1 Å². The molecule has 0 aliphatic heterocycles. The summed E-state index contributed by atoms with van der Waals surface area (Å²) < 4.78 is 5.91. The highest BCUT2D eigenvalue weighted by molar-refractivity contribution is 5.85. The van der Waals surface area contributed by atoms with Crippen molar-refractivity contribution in [1.29, 1.82) is 0 Å². The van der Waals surface area contributed by atoms with Gasteiger partial charge in [0.25, 0.3) is 0 Å². The molecule has 0 saturated heterocycles. The van der Waals surface area contributed by atoms with E-state index in [0.29, 0.717) is 17.2 Å². The van der Waals surface area contributed by atoms with Crippen LogP contribution in [0.25, 0.3) is 10.9 Å². The Hall–Kier alpha value is -2.43. The zero-order valence-electron chi connectivity index (χ0n) is 11.4. The normalized spacial score (nSPS) is 10.8. The fourth-order valence-corrected chi connectivity index (χ4v) is 2.20. The van der Waals surface area contributed by atoms with E-state index < -0.39 is 0 Å². The molecule has 0 aliphatic carbocycles. The summed E-state index contributed by atoms with van der Waals surface area (Å²) in [5, 5.41) is 19.4. The van der Waals surface area contributed by atoms with Gasteiger partial charge in [-0.15, -0.1) is 0 Å². The number of pyridine rings is 1.